The Hall–Kier alpha value is -1.52. The van der Waals surface area contributed by atoms with Gasteiger partial charge in [-0.1, -0.05) is 22.8 Å². The predicted octanol–water partition coefficient (Wildman–Crippen LogP) is 3.03. The first kappa shape index (κ1) is 13.9. The number of nitrogens with zero attached hydrogens (tertiary/aromatic N) is 1. The van der Waals surface area contributed by atoms with Crippen LogP contribution in [0.5, 0.6) is 5.75 Å². The minimum atomic E-state index is 0.416. The van der Waals surface area contributed by atoms with Crippen molar-refractivity contribution in [3.05, 3.63) is 45.8 Å². The molecule has 1 aromatic carbocycles. The van der Waals surface area contributed by atoms with Gasteiger partial charge in [0, 0.05) is 10.6 Å². The van der Waals surface area contributed by atoms with Gasteiger partial charge in [0.25, 0.3) is 0 Å². The van der Waals surface area contributed by atoms with Gasteiger partial charge >= 0.3 is 0 Å². The SMILES string of the molecule is Cc1noc(C)c1COc1cccc(Cl)c1CCN. The van der Waals surface area contributed by atoms with Crippen molar-refractivity contribution in [2.24, 2.45) is 5.73 Å². The Morgan fingerprint density at radius 3 is 2.74 bits per heavy atom. The van der Waals surface area contributed by atoms with Gasteiger partial charge in [-0.15, -0.1) is 0 Å². The first-order chi connectivity index (χ1) is 9.13. The lowest BCUT2D eigenvalue weighted by Gasteiger charge is -2.12. The molecule has 0 fully saturated rings. The van der Waals surface area contributed by atoms with E-state index < -0.39 is 0 Å². The van der Waals surface area contributed by atoms with Gasteiger partial charge in [-0.05, 0) is 38.9 Å². The Labute approximate surface area is 117 Å². The summed E-state index contributed by atoms with van der Waals surface area (Å²) < 4.78 is 10.9. The van der Waals surface area contributed by atoms with Crippen molar-refractivity contribution >= 4 is 11.6 Å². The quantitative estimate of drug-likeness (QED) is 0.914. The number of nitrogens with two attached hydrogens (primary N) is 1. The highest BCUT2D eigenvalue weighted by Gasteiger charge is 2.12. The summed E-state index contributed by atoms with van der Waals surface area (Å²) in [6.45, 7) is 4.72. The van der Waals surface area contributed by atoms with E-state index in [2.05, 4.69) is 5.16 Å². The van der Waals surface area contributed by atoms with Crippen LogP contribution in [0.15, 0.2) is 22.7 Å². The van der Waals surface area contributed by atoms with Crippen LogP contribution >= 0.6 is 11.6 Å². The molecule has 2 N–H and O–H groups in total. The second-order valence-corrected chi connectivity index (χ2v) is 4.75. The molecule has 0 atom stereocenters. The molecule has 2 rings (SSSR count). The summed E-state index contributed by atoms with van der Waals surface area (Å²) in [5.41, 5.74) is 8.36. The van der Waals surface area contributed by atoms with Gasteiger partial charge in [0.05, 0.1) is 11.3 Å². The molecule has 0 saturated carbocycles. The molecule has 0 amide bonds. The lowest BCUT2D eigenvalue weighted by atomic mass is 10.1. The number of halogens is 1. The van der Waals surface area contributed by atoms with E-state index in [0.29, 0.717) is 24.6 Å². The molecule has 5 heteroatoms. The van der Waals surface area contributed by atoms with Gasteiger partial charge < -0.3 is 15.0 Å². The Morgan fingerprint density at radius 1 is 1.32 bits per heavy atom. The van der Waals surface area contributed by atoms with E-state index in [1.807, 2.05) is 32.0 Å². The van der Waals surface area contributed by atoms with E-state index in [0.717, 1.165) is 28.3 Å². The number of rotatable bonds is 5. The number of aryl methyl sites for hydroxylation is 2. The van der Waals surface area contributed by atoms with Crippen LogP contribution in [0.3, 0.4) is 0 Å². The van der Waals surface area contributed by atoms with E-state index >= 15 is 0 Å². The molecular weight excluding hydrogens is 264 g/mol. The monoisotopic (exact) mass is 280 g/mol. The largest absolute Gasteiger partial charge is 0.488 e. The highest BCUT2D eigenvalue weighted by Crippen LogP contribution is 2.28. The number of benzene rings is 1. The molecule has 19 heavy (non-hydrogen) atoms. The zero-order chi connectivity index (χ0) is 13.8. The number of ether oxygens (including phenoxy) is 1. The van der Waals surface area contributed by atoms with E-state index in [9.17, 15) is 0 Å². The highest BCUT2D eigenvalue weighted by molar-refractivity contribution is 6.31. The third-order valence-corrected chi connectivity index (χ3v) is 3.38. The third kappa shape index (κ3) is 3.08. The second-order valence-electron chi connectivity index (χ2n) is 4.35. The van der Waals surface area contributed by atoms with Gasteiger partial charge in [0.1, 0.15) is 18.1 Å². The third-order valence-electron chi connectivity index (χ3n) is 3.02. The van der Waals surface area contributed by atoms with E-state index in [1.165, 1.54) is 0 Å². The maximum absolute atomic E-state index is 6.16. The minimum absolute atomic E-state index is 0.416. The summed E-state index contributed by atoms with van der Waals surface area (Å²) in [6.07, 6.45) is 0.691. The molecule has 4 nitrogen and oxygen atoms in total. The summed E-state index contributed by atoms with van der Waals surface area (Å²) >= 11 is 6.16. The van der Waals surface area contributed by atoms with Crippen molar-refractivity contribution < 1.29 is 9.26 Å². The predicted molar refractivity (Wildman–Crippen MR) is 74.5 cm³/mol. The van der Waals surface area contributed by atoms with Gasteiger partial charge in [-0.2, -0.15) is 0 Å². The molecule has 0 spiro atoms. The van der Waals surface area contributed by atoms with Crippen molar-refractivity contribution in [3.8, 4) is 5.75 Å². The fourth-order valence-corrected chi connectivity index (χ4v) is 2.18. The molecule has 1 aromatic heterocycles. The zero-order valence-corrected chi connectivity index (χ0v) is 11.8. The Balaban J connectivity index is 2.18. The molecule has 0 bridgehead atoms. The van der Waals surface area contributed by atoms with E-state index in [-0.39, 0.29) is 0 Å². The topological polar surface area (TPSA) is 61.3 Å². The van der Waals surface area contributed by atoms with E-state index in [1.54, 1.807) is 0 Å². The van der Waals surface area contributed by atoms with Crippen LogP contribution in [0, 0.1) is 13.8 Å². The van der Waals surface area contributed by atoms with Crippen LogP contribution in [0.4, 0.5) is 0 Å². The lowest BCUT2D eigenvalue weighted by molar-refractivity contribution is 0.298. The summed E-state index contributed by atoms with van der Waals surface area (Å²) in [5, 5.41) is 4.59. The van der Waals surface area contributed by atoms with E-state index in [4.69, 9.17) is 26.6 Å². The van der Waals surface area contributed by atoms with Gasteiger partial charge in [0.15, 0.2) is 0 Å². The fourth-order valence-electron chi connectivity index (χ4n) is 1.92. The Morgan fingerprint density at radius 2 is 2.11 bits per heavy atom. The van der Waals surface area contributed by atoms with Crippen molar-refractivity contribution in [2.75, 3.05) is 6.54 Å². The Kier molecular flexibility index (Phi) is 4.45. The molecule has 102 valence electrons. The maximum Gasteiger partial charge on any atom is 0.140 e. The summed E-state index contributed by atoms with van der Waals surface area (Å²) in [6, 6.07) is 5.61. The first-order valence-corrected chi connectivity index (χ1v) is 6.53. The first-order valence-electron chi connectivity index (χ1n) is 6.15. The Bertz CT molecular complexity index is 547. The van der Waals surface area contributed by atoms with Crippen molar-refractivity contribution in [1.29, 1.82) is 0 Å². The molecule has 0 unspecified atom stereocenters. The molecule has 0 radical (unpaired) electrons. The van der Waals surface area contributed by atoms with Crippen LogP contribution in [0.1, 0.15) is 22.6 Å². The van der Waals surface area contributed by atoms with Crippen LogP contribution < -0.4 is 10.5 Å². The smallest absolute Gasteiger partial charge is 0.140 e. The fraction of sp³-hybridized carbons (Fsp3) is 0.357. The summed E-state index contributed by atoms with van der Waals surface area (Å²) in [4.78, 5) is 0. The zero-order valence-electron chi connectivity index (χ0n) is 11.1. The van der Waals surface area contributed by atoms with Gasteiger partial charge in [-0.3, -0.25) is 0 Å². The van der Waals surface area contributed by atoms with Crippen LogP contribution in [0.2, 0.25) is 5.02 Å². The molecule has 2 aromatic rings. The summed E-state index contributed by atoms with van der Waals surface area (Å²) in [5.74, 6) is 1.54. The van der Waals surface area contributed by atoms with Gasteiger partial charge in [-0.25, -0.2) is 0 Å². The van der Waals surface area contributed by atoms with Crippen molar-refractivity contribution in [2.45, 2.75) is 26.9 Å². The maximum atomic E-state index is 6.16. The standard InChI is InChI=1S/C14H17ClN2O2/c1-9-12(10(2)19-17-9)8-18-14-5-3-4-13(15)11(14)6-7-16/h3-5H,6-8,16H2,1-2H3. The molecular formula is C14H17ClN2O2. The molecule has 0 aliphatic carbocycles. The number of hydrogen-bond acceptors (Lipinski definition) is 4. The van der Waals surface area contributed by atoms with Crippen molar-refractivity contribution in [1.82, 2.24) is 5.16 Å². The molecule has 0 aliphatic heterocycles. The molecule has 1 heterocycles. The highest BCUT2D eigenvalue weighted by atomic mass is 35.5. The molecule has 0 saturated heterocycles. The summed E-state index contributed by atoms with van der Waals surface area (Å²) in [7, 11) is 0. The minimum Gasteiger partial charge on any atom is -0.488 e. The normalized spacial score (nSPS) is 10.7. The van der Waals surface area contributed by atoms with Crippen LogP contribution in [-0.2, 0) is 13.0 Å². The lowest BCUT2D eigenvalue weighted by Crippen LogP contribution is -2.06. The second kappa shape index (κ2) is 6.08. The van der Waals surface area contributed by atoms with Crippen molar-refractivity contribution in [3.63, 3.8) is 0 Å². The average Bonchev–Trinajstić information content (AvgIpc) is 2.70. The number of hydrogen-bond donors (Lipinski definition) is 1. The van der Waals surface area contributed by atoms with Crippen LogP contribution in [0.25, 0.3) is 0 Å². The molecule has 0 aliphatic rings. The van der Waals surface area contributed by atoms with Gasteiger partial charge in [0.2, 0.25) is 0 Å². The van der Waals surface area contributed by atoms with Crippen LogP contribution in [-0.4, -0.2) is 11.7 Å². The average molecular weight is 281 g/mol. The number of aromatic nitrogens is 1.